The highest BCUT2D eigenvalue weighted by Gasteiger charge is 2.51. The van der Waals surface area contributed by atoms with Gasteiger partial charge in [-0.3, -0.25) is 4.57 Å². The third-order valence-electron chi connectivity index (χ3n) is 6.19. The Morgan fingerprint density at radius 2 is 1.94 bits per heavy atom. The van der Waals surface area contributed by atoms with Crippen LogP contribution in [-0.4, -0.2) is 100.0 Å². The fraction of sp³-hybridized carbons (Fsp3) is 0.737. The van der Waals surface area contributed by atoms with E-state index in [1.165, 1.54) is 23.7 Å². The number of aliphatic hydroxyl groups is 4. The van der Waals surface area contributed by atoms with Gasteiger partial charge >= 0.3 is 7.60 Å². The lowest BCUT2D eigenvalue weighted by Gasteiger charge is -2.31. The molecule has 15 heteroatoms. The summed E-state index contributed by atoms with van der Waals surface area (Å²) in [7, 11) is -5.08. The first kappa shape index (κ1) is 25.4. The molecule has 0 spiro atoms. The first-order chi connectivity index (χ1) is 16.1. The largest absolute Gasteiger partial charge is 0.393 e. The van der Waals surface area contributed by atoms with E-state index in [1.807, 2.05) is 6.92 Å². The molecule has 34 heavy (non-hydrogen) atoms. The number of nitrogens with zero attached hydrogens (tertiary/aromatic N) is 4. The number of aromatic nitrogens is 4. The molecule has 1 aliphatic heterocycles. The zero-order valence-corrected chi connectivity index (χ0v) is 19.5. The van der Waals surface area contributed by atoms with Crippen molar-refractivity contribution in [3.63, 3.8) is 0 Å². The molecule has 7 N–H and O–H groups in total. The highest BCUT2D eigenvalue weighted by molar-refractivity contribution is 7.53. The Morgan fingerprint density at radius 1 is 1.24 bits per heavy atom. The van der Waals surface area contributed by atoms with Crippen molar-refractivity contribution in [1.29, 1.82) is 0 Å². The van der Waals surface area contributed by atoms with Crippen molar-refractivity contribution in [3.8, 4) is 0 Å². The number of nitrogens with one attached hydrogen (secondary N) is 1. The minimum atomic E-state index is -5.08. The highest BCUT2D eigenvalue weighted by Crippen LogP contribution is 2.51. The van der Waals surface area contributed by atoms with Gasteiger partial charge in [-0.05, 0) is 18.8 Å². The van der Waals surface area contributed by atoms with Crippen LogP contribution in [0.15, 0.2) is 6.20 Å². The molecular formula is C19H30N5O9P. The number of hydrogen-bond acceptors (Lipinski definition) is 11. The number of hydrogen-bond donors (Lipinski definition) is 7. The molecule has 3 heterocycles. The third-order valence-corrected chi connectivity index (χ3v) is 7.66. The summed E-state index contributed by atoms with van der Waals surface area (Å²) in [5.74, 6) is 1.78. The van der Waals surface area contributed by atoms with Gasteiger partial charge in [0, 0.05) is 13.0 Å². The van der Waals surface area contributed by atoms with E-state index >= 15 is 0 Å². The Balaban J connectivity index is 1.57. The van der Waals surface area contributed by atoms with Crippen molar-refractivity contribution in [2.45, 2.75) is 56.1 Å². The summed E-state index contributed by atoms with van der Waals surface area (Å²) in [6, 6.07) is 0. The van der Waals surface area contributed by atoms with Crippen molar-refractivity contribution in [2.24, 2.45) is 5.92 Å². The summed E-state index contributed by atoms with van der Waals surface area (Å²) < 4.78 is 23.9. The van der Waals surface area contributed by atoms with Crippen molar-refractivity contribution < 1.29 is 44.3 Å². The number of anilines is 1. The number of aliphatic hydroxyl groups excluding tert-OH is 4. The topological polar surface area (TPSA) is 213 Å². The van der Waals surface area contributed by atoms with Gasteiger partial charge in [0.1, 0.15) is 30.0 Å². The summed E-state index contributed by atoms with van der Waals surface area (Å²) in [4.78, 5) is 28.0. The normalized spacial score (nSPS) is 25.9. The second-order valence-corrected chi connectivity index (χ2v) is 10.6. The standard InChI is InChI=1S/C19H30N5O9P/c1-2-13-22-16(20-5-10-3-4-10)11-6-21-24(17(11)23-13)18-15(28)14(27)12(33-18)7-32-19(8-25,9-26)34(29,30)31/h6,10,12,14-15,18,25-28H,2-5,7-9H2,1H3,(H,20,22,23)(H2,29,30,31)/t12-,14-,15-,18-/m1/s1. The van der Waals surface area contributed by atoms with Gasteiger partial charge < -0.3 is 45.0 Å². The molecule has 1 saturated heterocycles. The Morgan fingerprint density at radius 3 is 2.53 bits per heavy atom. The zero-order chi connectivity index (χ0) is 24.7. The smallest absolute Gasteiger partial charge is 0.361 e. The van der Waals surface area contributed by atoms with Crippen LogP contribution in [0.3, 0.4) is 0 Å². The van der Waals surface area contributed by atoms with Gasteiger partial charge in [0.2, 0.25) is 5.34 Å². The average molecular weight is 503 g/mol. The molecule has 0 radical (unpaired) electrons. The summed E-state index contributed by atoms with van der Waals surface area (Å²) >= 11 is 0. The van der Waals surface area contributed by atoms with Crippen molar-refractivity contribution in [3.05, 3.63) is 12.0 Å². The molecule has 4 atom stereocenters. The van der Waals surface area contributed by atoms with Crippen LogP contribution in [0.25, 0.3) is 11.0 Å². The Kier molecular flexibility index (Phi) is 7.25. The lowest BCUT2D eigenvalue weighted by atomic mass is 10.1. The third kappa shape index (κ3) is 4.70. The van der Waals surface area contributed by atoms with Gasteiger partial charge in [-0.1, -0.05) is 6.92 Å². The van der Waals surface area contributed by atoms with E-state index in [-0.39, 0.29) is 0 Å². The molecule has 0 unspecified atom stereocenters. The maximum atomic E-state index is 11.7. The first-order valence-electron chi connectivity index (χ1n) is 11.0. The van der Waals surface area contributed by atoms with Crippen LogP contribution in [0.5, 0.6) is 0 Å². The highest BCUT2D eigenvalue weighted by atomic mass is 31.2. The van der Waals surface area contributed by atoms with E-state index in [2.05, 4.69) is 20.4 Å². The predicted molar refractivity (Wildman–Crippen MR) is 117 cm³/mol. The van der Waals surface area contributed by atoms with E-state index < -0.39 is 57.3 Å². The molecule has 4 rings (SSSR count). The number of rotatable bonds is 11. The number of aryl methyl sites for hydroxylation is 1. The van der Waals surface area contributed by atoms with E-state index in [4.69, 9.17) is 9.47 Å². The molecule has 0 aromatic carbocycles. The molecular weight excluding hydrogens is 473 g/mol. The molecule has 2 aromatic heterocycles. The second kappa shape index (κ2) is 9.72. The zero-order valence-electron chi connectivity index (χ0n) is 18.6. The van der Waals surface area contributed by atoms with Crippen LogP contribution in [0.4, 0.5) is 5.82 Å². The van der Waals surface area contributed by atoms with Crippen LogP contribution in [0, 0.1) is 5.92 Å². The Labute approximate surface area is 194 Å². The maximum absolute atomic E-state index is 11.7. The fourth-order valence-corrected chi connectivity index (χ4v) is 4.34. The lowest BCUT2D eigenvalue weighted by Crippen LogP contribution is -2.44. The molecule has 0 amide bonds. The minimum absolute atomic E-state index is 0.387. The predicted octanol–water partition coefficient (Wildman–Crippen LogP) is -1.29. The summed E-state index contributed by atoms with van der Waals surface area (Å²) in [5, 5.41) is 45.6. The van der Waals surface area contributed by atoms with Gasteiger partial charge in [0.15, 0.2) is 11.9 Å². The first-order valence-corrected chi connectivity index (χ1v) is 12.7. The quantitative estimate of drug-likeness (QED) is 0.178. The van der Waals surface area contributed by atoms with Crippen molar-refractivity contribution >= 4 is 24.4 Å². The lowest BCUT2D eigenvalue weighted by molar-refractivity contribution is -0.121. The van der Waals surface area contributed by atoms with Crippen LogP contribution < -0.4 is 5.32 Å². The van der Waals surface area contributed by atoms with Gasteiger partial charge in [-0.25, -0.2) is 14.6 Å². The summed E-state index contributed by atoms with van der Waals surface area (Å²) in [5.41, 5.74) is 0.387. The Hall–Kier alpha value is -1.74. The summed E-state index contributed by atoms with van der Waals surface area (Å²) in [6.07, 6.45) is -0.955. The van der Waals surface area contributed by atoms with Crippen LogP contribution in [-0.2, 0) is 20.5 Å². The SMILES string of the molecule is CCc1nc(NCC2CC2)c2cnn([C@@H]3O[C@H](COC(CO)(CO)P(=O)(O)O)[C@@H](O)[C@H]3O)c2n1. The molecule has 1 aliphatic carbocycles. The van der Waals surface area contributed by atoms with E-state index in [0.717, 1.165) is 6.54 Å². The molecule has 2 aliphatic rings. The molecule has 2 fully saturated rings. The van der Waals surface area contributed by atoms with Gasteiger partial charge in [0.25, 0.3) is 0 Å². The number of fused-ring (bicyclic) bond motifs is 1. The van der Waals surface area contributed by atoms with Crippen LogP contribution in [0.1, 0.15) is 31.8 Å². The maximum Gasteiger partial charge on any atom is 0.361 e. The van der Waals surface area contributed by atoms with Crippen molar-refractivity contribution in [2.75, 3.05) is 31.7 Å². The molecule has 14 nitrogen and oxygen atoms in total. The molecule has 0 bridgehead atoms. The number of ether oxygens (including phenoxy) is 2. The summed E-state index contributed by atoms with van der Waals surface area (Å²) in [6.45, 7) is -0.276. The van der Waals surface area contributed by atoms with Crippen LogP contribution in [0.2, 0.25) is 0 Å². The molecule has 1 saturated carbocycles. The van der Waals surface area contributed by atoms with Crippen molar-refractivity contribution in [1.82, 2.24) is 19.7 Å². The van der Waals surface area contributed by atoms with E-state index in [0.29, 0.717) is 35.0 Å². The van der Waals surface area contributed by atoms with E-state index in [1.54, 1.807) is 0 Å². The fourth-order valence-electron chi connectivity index (χ4n) is 3.73. The average Bonchev–Trinajstić information content (AvgIpc) is 3.48. The van der Waals surface area contributed by atoms with E-state index in [9.17, 15) is 34.8 Å². The van der Waals surface area contributed by atoms with Gasteiger partial charge in [0.05, 0.1) is 31.4 Å². The molecule has 2 aromatic rings. The van der Waals surface area contributed by atoms with Gasteiger partial charge in [-0.2, -0.15) is 5.10 Å². The van der Waals surface area contributed by atoms with Gasteiger partial charge in [-0.15, -0.1) is 0 Å². The van der Waals surface area contributed by atoms with Crippen LogP contribution >= 0.6 is 7.60 Å². The Bertz CT molecular complexity index is 1050. The second-order valence-electron chi connectivity index (χ2n) is 8.66. The minimum Gasteiger partial charge on any atom is -0.393 e. The molecule has 190 valence electrons. The monoisotopic (exact) mass is 503 g/mol.